The molecule has 0 spiro atoms. The van der Waals surface area contributed by atoms with Crippen LogP contribution in [-0.4, -0.2) is 24.2 Å². The van der Waals surface area contributed by atoms with E-state index in [1.54, 1.807) is 0 Å². The molecule has 0 radical (unpaired) electrons. The molecule has 0 unspecified atom stereocenters. The van der Waals surface area contributed by atoms with E-state index in [1.807, 2.05) is 0 Å². The maximum Gasteiger partial charge on any atom is 0.223 e. The third-order valence-electron chi connectivity index (χ3n) is 2.81. The molecule has 0 aromatic carbocycles. The van der Waals surface area contributed by atoms with E-state index in [2.05, 4.69) is 25.6 Å². The van der Waals surface area contributed by atoms with Gasteiger partial charge in [0.2, 0.25) is 6.85 Å². The van der Waals surface area contributed by atoms with Crippen LogP contribution in [0.3, 0.4) is 0 Å². The van der Waals surface area contributed by atoms with E-state index in [4.69, 9.17) is 0 Å². The Kier molecular flexibility index (Phi) is 3.44. The highest BCUT2D eigenvalue weighted by atomic mass is 15.1. The summed E-state index contributed by atoms with van der Waals surface area (Å²) in [4.78, 5) is 2.66. The Labute approximate surface area is 71.3 Å². The second kappa shape index (κ2) is 4.15. The normalized spacial score (nSPS) is 21.3. The van der Waals surface area contributed by atoms with Gasteiger partial charge in [0.15, 0.2) is 0 Å². The fraction of sp³-hybridized carbons (Fsp3) is 1.00. The molecule has 1 nitrogen and oxygen atoms in total. The zero-order valence-electron chi connectivity index (χ0n) is 8.14. The molecule has 0 N–H and O–H groups in total. The molecular formula is C9H20BN. The van der Waals surface area contributed by atoms with Gasteiger partial charge < -0.3 is 4.81 Å². The van der Waals surface area contributed by atoms with Gasteiger partial charge in [0.1, 0.15) is 0 Å². The van der Waals surface area contributed by atoms with Crippen molar-refractivity contribution in [3.63, 3.8) is 0 Å². The average Bonchev–Trinajstić information content (AvgIpc) is 2.04. The summed E-state index contributed by atoms with van der Waals surface area (Å²) in [5.41, 5.74) is 0. The largest absolute Gasteiger partial charge is 0.340 e. The van der Waals surface area contributed by atoms with Crippen LogP contribution in [0.25, 0.3) is 0 Å². The Hall–Kier alpha value is 0.0249. The second-order valence-corrected chi connectivity index (χ2v) is 3.89. The number of hydrogen-bond donors (Lipinski definition) is 0. The van der Waals surface area contributed by atoms with Gasteiger partial charge in [-0.25, -0.2) is 0 Å². The lowest BCUT2D eigenvalue weighted by Crippen LogP contribution is -2.46. The molecule has 0 bridgehead atoms. The van der Waals surface area contributed by atoms with Crippen molar-refractivity contribution >= 4 is 6.85 Å². The Bertz CT molecular complexity index is 114. The molecule has 1 heterocycles. The summed E-state index contributed by atoms with van der Waals surface area (Å²) in [6.07, 6.45) is 5.61. The fourth-order valence-electron chi connectivity index (χ4n) is 2.14. The number of nitrogens with zero attached hydrogens (tertiary/aromatic N) is 1. The molecular weight excluding hydrogens is 133 g/mol. The van der Waals surface area contributed by atoms with Crippen molar-refractivity contribution in [2.75, 3.05) is 6.54 Å². The minimum absolute atomic E-state index is 0.750. The molecule has 1 rings (SSSR count). The van der Waals surface area contributed by atoms with Gasteiger partial charge in [-0.1, -0.05) is 39.8 Å². The molecule has 0 aromatic rings. The van der Waals surface area contributed by atoms with Crippen LogP contribution in [0.5, 0.6) is 0 Å². The first-order valence-corrected chi connectivity index (χ1v) is 5.01. The summed E-state index contributed by atoms with van der Waals surface area (Å²) in [6.45, 7) is 9.15. The fourth-order valence-corrected chi connectivity index (χ4v) is 2.14. The smallest absolute Gasteiger partial charge is 0.223 e. The van der Waals surface area contributed by atoms with Crippen LogP contribution < -0.4 is 0 Å². The van der Waals surface area contributed by atoms with Gasteiger partial charge in [-0.15, -0.1) is 0 Å². The lowest BCUT2D eigenvalue weighted by molar-refractivity contribution is 0.334. The van der Waals surface area contributed by atoms with Crippen LogP contribution >= 0.6 is 0 Å². The van der Waals surface area contributed by atoms with Crippen molar-refractivity contribution in [1.82, 2.24) is 4.81 Å². The van der Waals surface area contributed by atoms with Crippen molar-refractivity contribution in [1.29, 1.82) is 0 Å². The Balaban J connectivity index is 2.44. The highest BCUT2D eigenvalue weighted by Crippen LogP contribution is 2.19. The van der Waals surface area contributed by atoms with Crippen molar-refractivity contribution < 1.29 is 0 Å². The van der Waals surface area contributed by atoms with E-state index in [0.29, 0.717) is 0 Å². The van der Waals surface area contributed by atoms with Gasteiger partial charge in [0, 0.05) is 0 Å². The quantitative estimate of drug-likeness (QED) is 0.551. The highest BCUT2D eigenvalue weighted by molar-refractivity contribution is 6.55. The maximum absolute atomic E-state index is 2.66. The molecule has 64 valence electrons. The standard InChI is InChI=1S/C9H20BN/c1-4-10-7-5-6-8-11(10)9(2)3/h9H,4-8H2,1-3H3. The van der Waals surface area contributed by atoms with Gasteiger partial charge in [-0.2, -0.15) is 0 Å². The molecule has 0 aliphatic carbocycles. The van der Waals surface area contributed by atoms with Gasteiger partial charge >= 0.3 is 0 Å². The molecule has 0 amide bonds. The molecule has 1 saturated heterocycles. The molecule has 0 saturated carbocycles. The lowest BCUT2D eigenvalue weighted by Gasteiger charge is -2.36. The summed E-state index contributed by atoms with van der Waals surface area (Å²) in [5, 5.41) is 0. The molecule has 1 aliphatic rings. The average molecular weight is 153 g/mol. The number of hydrogen-bond acceptors (Lipinski definition) is 1. The highest BCUT2D eigenvalue weighted by Gasteiger charge is 2.25. The van der Waals surface area contributed by atoms with Crippen molar-refractivity contribution in [2.45, 2.75) is 52.3 Å². The third kappa shape index (κ3) is 2.23. The van der Waals surface area contributed by atoms with Crippen molar-refractivity contribution in [3.05, 3.63) is 0 Å². The molecule has 11 heavy (non-hydrogen) atoms. The molecule has 1 aliphatic heterocycles. The predicted molar refractivity (Wildman–Crippen MR) is 52.1 cm³/mol. The van der Waals surface area contributed by atoms with E-state index < -0.39 is 0 Å². The third-order valence-corrected chi connectivity index (χ3v) is 2.81. The van der Waals surface area contributed by atoms with Crippen LogP contribution in [0.15, 0.2) is 0 Å². The van der Waals surface area contributed by atoms with Gasteiger partial charge in [0.05, 0.1) is 0 Å². The summed E-state index contributed by atoms with van der Waals surface area (Å²) in [7, 11) is 0. The van der Waals surface area contributed by atoms with Crippen LogP contribution in [0, 0.1) is 0 Å². The lowest BCUT2D eigenvalue weighted by atomic mass is 9.51. The SMILES string of the molecule is CCB1CCCCN1C(C)C. The van der Waals surface area contributed by atoms with Gasteiger partial charge in [0.25, 0.3) is 0 Å². The first-order chi connectivity index (χ1) is 5.25. The topological polar surface area (TPSA) is 3.24 Å². The van der Waals surface area contributed by atoms with E-state index in [1.165, 1.54) is 32.0 Å². The number of rotatable bonds is 2. The summed E-state index contributed by atoms with van der Waals surface area (Å²) in [5.74, 6) is 0. The zero-order chi connectivity index (χ0) is 8.27. The van der Waals surface area contributed by atoms with E-state index in [0.717, 1.165) is 12.9 Å². The molecule has 2 heteroatoms. The predicted octanol–water partition coefficient (Wildman–Crippen LogP) is 2.50. The van der Waals surface area contributed by atoms with Crippen LogP contribution in [0.2, 0.25) is 12.6 Å². The minimum atomic E-state index is 0.750. The minimum Gasteiger partial charge on any atom is -0.340 e. The van der Waals surface area contributed by atoms with Crippen LogP contribution in [-0.2, 0) is 0 Å². The monoisotopic (exact) mass is 153 g/mol. The first kappa shape index (κ1) is 9.12. The maximum atomic E-state index is 2.66. The molecule has 0 aromatic heterocycles. The zero-order valence-corrected chi connectivity index (χ0v) is 8.14. The summed E-state index contributed by atoms with van der Waals surface area (Å²) < 4.78 is 0. The van der Waals surface area contributed by atoms with E-state index in [-0.39, 0.29) is 0 Å². The van der Waals surface area contributed by atoms with Gasteiger partial charge in [-0.3, -0.25) is 0 Å². The molecule has 1 fully saturated rings. The van der Waals surface area contributed by atoms with Crippen LogP contribution in [0.4, 0.5) is 0 Å². The van der Waals surface area contributed by atoms with Crippen LogP contribution in [0.1, 0.15) is 33.6 Å². The van der Waals surface area contributed by atoms with Crippen molar-refractivity contribution in [2.24, 2.45) is 0 Å². The summed E-state index contributed by atoms with van der Waals surface area (Å²) >= 11 is 0. The Morgan fingerprint density at radius 1 is 1.36 bits per heavy atom. The Morgan fingerprint density at radius 2 is 2.09 bits per heavy atom. The molecule has 0 atom stereocenters. The Morgan fingerprint density at radius 3 is 2.55 bits per heavy atom. The second-order valence-electron chi connectivity index (χ2n) is 3.89. The van der Waals surface area contributed by atoms with Crippen molar-refractivity contribution in [3.8, 4) is 0 Å². The summed E-state index contributed by atoms with van der Waals surface area (Å²) in [6, 6.07) is 0.750. The first-order valence-electron chi connectivity index (χ1n) is 5.01. The van der Waals surface area contributed by atoms with E-state index >= 15 is 0 Å². The van der Waals surface area contributed by atoms with Gasteiger partial charge in [-0.05, 0) is 19.0 Å². The van der Waals surface area contributed by atoms with E-state index in [9.17, 15) is 0 Å².